The number of anilines is 2. The number of carbonyl (C=O) groups is 1. The average molecular weight is 393 g/mol. The lowest BCUT2D eigenvalue weighted by molar-refractivity contribution is -0.384. The predicted octanol–water partition coefficient (Wildman–Crippen LogP) is 3.39. The summed E-state index contributed by atoms with van der Waals surface area (Å²) >= 11 is 6.16. The summed E-state index contributed by atoms with van der Waals surface area (Å²) in [7, 11) is 1.99. The van der Waals surface area contributed by atoms with Gasteiger partial charge in [-0.2, -0.15) is 0 Å². The van der Waals surface area contributed by atoms with Crippen LogP contribution in [0.1, 0.15) is 10.4 Å². The van der Waals surface area contributed by atoms with E-state index >= 15 is 0 Å². The molecule has 0 unspecified atom stereocenters. The number of carbonyl (C=O) groups excluding carboxylic acids is 1. The van der Waals surface area contributed by atoms with Gasteiger partial charge in [-0.15, -0.1) is 0 Å². The third-order valence-electron chi connectivity index (χ3n) is 4.46. The van der Waals surface area contributed by atoms with Crippen LogP contribution >= 0.6 is 11.6 Å². The molecule has 9 heteroatoms. The van der Waals surface area contributed by atoms with Crippen molar-refractivity contribution in [3.05, 3.63) is 62.9 Å². The van der Waals surface area contributed by atoms with E-state index in [1.54, 1.807) is 0 Å². The van der Waals surface area contributed by atoms with Crippen molar-refractivity contribution >= 4 is 34.6 Å². The summed E-state index contributed by atoms with van der Waals surface area (Å²) in [6.07, 6.45) is 0. The number of benzene rings is 2. The van der Waals surface area contributed by atoms with Gasteiger partial charge in [0.15, 0.2) is 0 Å². The number of halogens is 2. The SMILES string of the molecule is CN1CCN(c2cc(NC(=O)c3ccc(F)cc3)c(Cl)cc2[N+](=O)[O-])CC1. The van der Waals surface area contributed by atoms with Crippen LogP contribution in [0, 0.1) is 15.9 Å². The summed E-state index contributed by atoms with van der Waals surface area (Å²) in [6.45, 7) is 2.81. The minimum atomic E-state index is -0.481. The molecule has 7 nitrogen and oxygen atoms in total. The molecule has 3 rings (SSSR count). The Labute approximate surface area is 160 Å². The van der Waals surface area contributed by atoms with Gasteiger partial charge in [-0.25, -0.2) is 4.39 Å². The Balaban J connectivity index is 1.91. The second kappa shape index (κ2) is 7.89. The molecule has 27 heavy (non-hydrogen) atoms. The molecule has 1 heterocycles. The molecule has 2 aromatic carbocycles. The molecule has 1 fully saturated rings. The minimum absolute atomic E-state index is 0.0649. The van der Waals surface area contributed by atoms with Crippen LogP contribution in [-0.2, 0) is 0 Å². The Morgan fingerprint density at radius 2 is 1.81 bits per heavy atom. The highest BCUT2D eigenvalue weighted by atomic mass is 35.5. The maximum absolute atomic E-state index is 13.0. The van der Waals surface area contributed by atoms with Crippen molar-refractivity contribution in [1.82, 2.24) is 4.90 Å². The van der Waals surface area contributed by atoms with E-state index in [4.69, 9.17) is 11.6 Å². The molecule has 1 N–H and O–H groups in total. The van der Waals surface area contributed by atoms with Crippen molar-refractivity contribution in [2.45, 2.75) is 0 Å². The van der Waals surface area contributed by atoms with Crippen LogP contribution in [0.4, 0.5) is 21.5 Å². The molecule has 0 aliphatic carbocycles. The van der Waals surface area contributed by atoms with E-state index in [0.29, 0.717) is 18.8 Å². The zero-order valence-electron chi connectivity index (χ0n) is 14.6. The van der Waals surface area contributed by atoms with Crippen LogP contribution in [-0.4, -0.2) is 49.0 Å². The lowest BCUT2D eigenvalue weighted by atomic mass is 10.1. The largest absolute Gasteiger partial charge is 0.363 e. The van der Waals surface area contributed by atoms with Gasteiger partial charge in [-0.05, 0) is 37.4 Å². The van der Waals surface area contributed by atoms with Gasteiger partial charge in [0.05, 0.1) is 15.6 Å². The van der Waals surface area contributed by atoms with Crippen molar-refractivity contribution in [3.8, 4) is 0 Å². The molecular weight excluding hydrogens is 375 g/mol. The van der Waals surface area contributed by atoms with Gasteiger partial charge in [0.25, 0.3) is 11.6 Å². The Bertz CT molecular complexity index is 868. The van der Waals surface area contributed by atoms with Gasteiger partial charge in [0, 0.05) is 37.8 Å². The number of nitrogens with zero attached hydrogens (tertiary/aromatic N) is 3. The van der Waals surface area contributed by atoms with Crippen molar-refractivity contribution in [2.75, 3.05) is 43.4 Å². The van der Waals surface area contributed by atoms with Gasteiger partial charge in [0.1, 0.15) is 11.5 Å². The monoisotopic (exact) mass is 392 g/mol. The minimum Gasteiger partial charge on any atom is -0.363 e. The smallest absolute Gasteiger partial charge is 0.294 e. The number of piperazine rings is 1. The fourth-order valence-electron chi connectivity index (χ4n) is 2.89. The zero-order valence-corrected chi connectivity index (χ0v) is 15.4. The number of nitro groups is 1. The Morgan fingerprint density at radius 3 is 2.41 bits per heavy atom. The Hall–Kier alpha value is -2.71. The maximum Gasteiger partial charge on any atom is 0.294 e. The standard InChI is InChI=1S/C18H18ClFN4O3/c1-22-6-8-23(9-7-22)16-11-15(14(19)10-17(16)24(26)27)21-18(25)12-2-4-13(20)5-3-12/h2-5,10-11H,6-9H2,1H3,(H,21,25). The van der Waals surface area contributed by atoms with Crippen LogP contribution in [0.2, 0.25) is 5.02 Å². The molecule has 2 aromatic rings. The van der Waals surface area contributed by atoms with Gasteiger partial charge >= 0.3 is 0 Å². The van der Waals surface area contributed by atoms with E-state index in [0.717, 1.165) is 13.1 Å². The van der Waals surface area contributed by atoms with Crippen molar-refractivity contribution < 1.29 is 14.1 Å². The highest BCUT2D eigenvalue weighted by Gasteiger charge is 2.25. The fourth-order valence-corrected chi connectivity index (χ4v) is 3.09. The number of hydrogen-bond donors (Lipinski definition) is 1. The summed E-state index contributed by atoms with van der Waals surface area (Å²) in [6, 6.07) is 7.84. The summed E-state index contributed by atoms with van der Waals surface area (Å²) in [5, 5.41) is 14.2. The second-order valence-corrected chi connectivity index (χ2v) is 6.74. The lowest BCUT2D eigenvalue weighted by Crippen LogP contribution is -2.44. The lowest BCUT2D eigenvalue weighted by Gasteiger charge is -2.33. The molecule has 0 spiro atoms. The summed E-state index contributed by atoms with van der Waals surface area (Å²) in [5.74, 6) is -0.924. The van der Waals surface area contributed by atoms with Gasteiger partial charge in [-0.3, -0.25) is 14.9 Å². The third-order valence-corrected chi connectivity index (χ3v) is 4.77. The van der Waals surface area contributed by atoms with Crippen LogP contribution in [0.25, 0.3) is 0 Å². The summed E-state index contributed by atoms with van der Waals surface area (Å²) in [5.41, 5.74) is 0.828. The topological polar surface area (TPSA) is 78.7 Å². The maximum atomic E-state index is 13.0. The molecule has 0 saturated carbocycles. The molecule has 142 valence electrons. The fraction of sp³-hybridized carbons (Fsp3) is 0.278. The molecule has 1 amide bonds. The first-order valence-corrected chi connectivity index (χ1v) is 8.71. The van der Waals surface area contributed by atoms with Crippen LogP contribution < -0.4 is 10.2 Å². The molecule has 0 radical (unpaired) electrons. The molecule has 1 aliphatic heterocycles. The summed E-state index contributed by atoms with van der Waals surface area (Å²) in [4.78, 5) is 27.4. The number of nitro benzene ring substituents is 1. The quantitative estimate of drug-likeness (QED) is 0.637. The highest BCUT2D eigenvalue weighted by molar-refractivity contribution is 6.34. The van der Waals surface area contributed by atoms with E-state index < -0.39 is 16.6 Å². The number of amides is 1. The van der Waals surface area contributed by atoms with Gasteiger partial charge in [0.2, 0.25) is 0 Å². The Kier molecular flexibility index (Phi) is 5.57. The van der Waals surface area contributed by atoms with E-state index in [1.165, 1.54) is 36.4 Å². The van der Waals surface area contributed by atoms with Crippen molar-refractivity contribution in [1.29, 1.82) is 0 Å². The molecule has 0 aromatic heterocycles. The van der Waals surface area contributed by atoms with E-state index in [-0.39, 0.29) is 22.0 Å². The molecule has 1 aliphatic rings. The van der Waals surface area contributed by atoms with Crippen molar-refractivity contribution in [2.24, 2.45) is 0 Å². The normalized spacial score (nSPS) is 14.9. The van der Waals surface area contributed by atoms with Gasteiger partial charge in [-0.1, -0.05) is 11.6 Å². The number of nitrogens with one attached hydrogen (secondary N) is 1. The zero-order chi connectivity index (χ0) is 19.6. The van der Waals surface area contributed by atoms with Crippen LogP contribution in [0.3, 0.4) is 0 Å². The number of hydrogen-bond acceptors (Lipinski definition) is 5. The summed E-state index contributed by atoms with van der Waals surface area (Å²) < 4.78 is 13.0. The first-order valence-electron chi connectivity index (χ1n) is 8.33. The number of likely N-dealkylation sites (N-methyl/N-ethyl adjacent to an activating group) is 1. The van der Waals surface area contributed by atoms with E-state index in [1.807, 2.05) is 11.9 Å². The average Bonchev–Trinajstić information content (AvgIpc) is 2.64. The van der Waals surface area contributed by atoms with E-state index in [9.17, 15) is 19.3 Å². The van der Waals surface area contributed by atoms with Crippen LogP contribution in [0.15, 0.2) is 36.4 Å². The van der Waals surface area contributed by atoms with Crippen molar-refractivity contribution in [3.63, 3.8) is 0 Å². The molecular formula is C18H18ClFN4O3. The number of rotatable bonds is 4. The first-order chi connectivity index (χ1) is 12.8. The van der Waals surface area contributed by atoms with Gasteiger partial charge < -0.3 is 15.1 Å². The Morgan fingerprint density at radius 1 is 1.19 bits per heavy atom. The molecule has 0 bridgehead atoms. The first kappa shape index (κ1) is 19.1. The highest BCUT2D eigenvalue weighted by Crippen LogP contribution is 2.37. The predicted molar refractivity (Wildman–Crippen MR) is 102 cm³/mol. The van der Waals surface area contributed by atoms with E-state index in [2.05, 4.69) is 10.2 Å². The third kappa shape index (κ3) is 4.35. The molecule has 1 saturated heterocycles. The molecule has 0 atom stereocenters. The van der Waals surface area contributed by atoms with Crippen LogP contribution in [0.5, 0.6) is 0 Å². The second-order valence-electron chi connectivity index (χ2n) is 6.33.